The van der Waals surface area contributed by atoms with Gasteiger partial charge in [-0.15, -0.1) is 0 Å². The molecule has 0 aliphatic rings. The summed E-state index contributed by atoms with van der Waals surface area (Å²) in [6.45, 7) is 0.319. The summed E-state index contributed by atoms with van der Waals surface area (Å²) in [6, 6.07) is 12.0. The van der Waals surface area contributed by atoms with Crippen molar-refractivity contribution in [1.29, 1.82) is 0 Å². The van der Waals surface area contributed by atoms with Crippen LogP contribution in [0.5, 0.6) is 0 Å². The zero-order chi connectivity index (χ0) is 20.1. The van der Waals surface area contributed by atoms with Crippen molar-refractivity contribution < 1.29 is 14.3 Å². The standard InChI is InChI=1S/C20H18ClN3O4/c1-28-17(25)8-10-24-18-14(3-2-9-22-18)11-16(20(24)27)19(26)23-12-13-4-6-15(21)7-5-13/h2-7,9,11H,8,10,12H2,1H3,(H,23,26). The second-order valence-electron chi connectivity index (χ2n) is 6.07. The minimum atomic E-state index is -0.510. The van der Waals surface area contributed by atoms with E-state index in [1.807, 2.05) is 0 Å². The van der Waals surface area contributed by atoms with Crippen LogP contribution >= 0.6 is 11.6 Å². The molecule has 1 amide bonds. The van der Waals surface area contributed by atoms with Crippen molar-refractivity contribution in [1.82, 2.24) is 14.9 Å². The number of esters is 1. The molecule has 0 unspecified atom stereocenters. The maximum atomic E-state index is 12.9. The highest BCUT2D eigenvalue weighted by molar-refractivity contribution is 6.30. The molecule has 3 rings (SSSR count). The Balaban J connectivity index is 1.90. The van der Waals surface area contributed by atoms with Crippen molar-refractivity contribution in [2.45, 2.75) is 19.5 Å². The molecule has 0 atom stereocenters. The lowest BCUT2D eigenvalue weighted by Gasteiger charge is -2.12. The van der Waals surface area contributed by atoms with Gasteiger partial charge in [0.1, 0.15) is 11.2 Å². The zero-order valence-electron chi connectivity index (χ0n) is 15.1. The number of hydrogen-bond donors (Lipinski definition) is 1. The molecule has 0 aliphatic carbocycles. The summed E-state index contributed by atoms with van der Waals surface area (Å²) in [6.07, 6.45) is 1.55. The summed E-state index contributed by atoms with van der Waals surface area (Å²) in [5.74, 6) is -0.953. The quantitative estimate of drug-likeness (QED) is 0.643. The topological polar surface area (TPSA) is 90.3 Å². The van der Waals surface area contributed by atoms with Gasteiger partial charge in [0.25, 0.3) is 11.5 Å². The molecule has 3 aromatic rings. The highest BCUT2D eigenvalue weighted by atomic mass is 35.5. The van der Waals surface area contributed by atoms with E-state index in [1.54, 1.807) is 42.6 Å². The first-order valence-electron chi connectivity index (χ1n) is 8.57. The third kappa shape index (κ3) is 4.37. The number of benzene rings is 1. The number of nitrogens with one attached hydrogen (secondary N) is 1. The van der Waals surface area contributed by atoms with Crippen LogP contribution in [0.25, 0.3) is 11.0 Å². The smallest absolute Gasteiger partial charge is 0.307 e. The lowest BCUT2D eigenvalue weighted by atomic mass is 10.1. The van der Waals surface area contributed by atoms with Gasteiger partial charge < -0.3 is 10.1 Å². The predicted molar refractivity (Wildman–Crippen MR) is 105 cm³/mol. The van der Waals surface area contributed by atoms with Gasteiger partial charge in [0.05, 0.1) is 13.5 Å². The van der Waals surface area contributed by atoms with E-state index in [0.717, 1.165) is 5.56 Å². The minimum Gasteiger partial charge on any atom is -0.469 e. The first-order valence-corrected chi connectivity index (χ1v) is 8.95. The highest BCUT2D eigenvalue weighted by Crippen LogP contribution is 2.12. The minimum absolute atomic E-state index is 0.00206. The molecular weight excluding hydrogens is 382 g/mol. The third-order valence-corrected chi connectivity index (χ3v) is 4.48. The Hall–Kier alpha value is -3.19. The molecule has 0 saturated carbocycles. The molecule has 0 spiro atoms. The summed E-state index contributed by atoms with van der Waals surface area (Å²) < 4.78 is 5.96. The van der Waals surface area contributed by atoms with E-state index in [-0.39, 0.29) is 25.1 Å². The normalized spacial score (nSPS) is 10.6. The van der Waals surface area contributed by atoms with Crippen LogP contribution in [-0.4, -0.2) is 28.5 Å². The molecular formula is C20H18ClN3O4. The van der Waals surface area contributed by atoms with E-state index in [2.05, 4.69) is 15.0 Å². The molecule has 0 saturated heterocycles. The van der Waals surface area contributed by atoms with Gasteiger partial charge in [-0.25, -0.2) is 4.98 Å². The number of methoxy groups -OCH3 is 1. The number of hydrogen-bond acceptors (Lipinski definition) is 5. The van der Waals surface area contributed by atoms with Crippen LogP contribution in [0.1, 0.15) is 22.3 Å². The van der Waals surface area contributed by atoms with Crippen LogP contribution in [0.15, 0.2) is 53.5 Å². The number of carbonyl (C=O) groups is 2. The van der Waals surface area contributed by atoms with Crippen LogP contribution in [0.4, 0.5) is 0 Å². The van der Waals surface area contributed by atoms with Gasteiger partial charge in [-0.1, -0.05) is 23.7 Å². The zero-order valence-corrected chi connectivity index (χ0v) is 15.9. The van der Waals surface area contributed by atoms with Crippen molar-refractivity contribution >= 4 is 34.5 Å². The van der Waals surface area contributed by atoms with Crippen LogP contribution in [0.2, 0.25) is 5.02 Å². The van der Waals surface area contributed by atoms with Crippen molar-refractivity contribution in [2.24, 2.45) is 0 Å². The first kappa shape index (κ1) is 19.6. The average molecular weight is 400 g/mol. The highest BCUT2D eigenvalue weighted by Gasteiger charge is 2.17. The maximum Gasteiger partial charge on any atom is 0.307 e. The second-order valence-corrected chi connectivity index (χ2v) is 6.50. The fourth-order valence-corrected chi connectivity index (χ4v) is 2.89. The van der Waals surface area contributed by atoms with E-state index in [1.165, 1.54) is 17.7 Å². The Kier molecular flexibility index (Phi) is 6.06. The SMILES string of the molecule is COC(=O)CCn1c(=O)c(C(=O)NCc2ccc(Cl)cc2)cc2cccnc21. The third-order valence-electron chi connectivity index (χ3n) is 4.23. The van der Waals surface area contributed by atoms with Crippen molar-refractivity contribution in [2.75, 3.05) is 7.11 Å². The van der Waals surface area contributed by atoms with E-state index in [4.69, 9.17) is 11.6 Å². The predicted octanol–water partition coefficient (Wildman–Crippen LogP) is 2.54. The first-order chi connectivity index (χ1) is 13.5. The van der Waals surface area contributed by atoms with Gasteiger partial charge in [-0.3, -0.25) is 19.0 Å². The van der Waals surface area contributed by atoms with Gasteiger partial charge in [0.2, 0.25) is 0 Å². The Bertz CT molecular complexity index is 1080. The lowest BCUT2D eigenvalue weighted by Crippen LogP contribution is -2.33. The number of aryl methyl sites for hydroxylation is 1. The van der Waals surface area contributed by atoms with Crippen LogP contribution < -0.4 is 10.9 Å². The van der Waals surface area contributed by atoms with Crippen molar-refractivity contribution in [3.8, 4) is 0 Å². The number of nitrogens with zero attached hydrogens (tertiary/aromatic N) is 2. The number of halogens is 1. The molecule has 1 N–H and O–H groups in total. The fourth-order valence-electron chi connectivity index (χ4n) is 2.76. The van der Waals surface area contributed by atoms with Gasteiger partial charge >= 0.3 is 5.97 Å². The van der Waals surface area contributed by atoms with Crippen LogP contribution in [-0.2, 0) is 22.6 Å². The number of pyridine rings is 2. The molecule has 2 aromatic heterocycles. The lowest BCUT2D eigenvalue weighted by molar-refractivity contribution is -0.140. The number of rotatable bonds is 6. The molecule has 8 heteroatoms. The Morgan fingerprint density at radius 1 is 1.21 bits per heavy atom. The number of fused-ring (bicyclic) bond motifs is 1. The summed E-state index contributed by atoms with van der Waals surface area (Å²) in [4.78, 5) is 41.2. The summed E-state index contributed by atoms with van der Waals surface area (Å²) >= 11 is 5.86. The molecule has 0 bridgehead atoms. The Labute approximate surface area is 165 Å². The molecule has 28 heavy (non-hydrogen) atoms. The number of ether oxygens (including phenoxy) is 1. The number of aromatic nitrogens is 2. The average Bonchev–Trinajstić information content (AvgIpc) is 2.71. The van der Waals surface area contributed by atoms with Crippen LogP contribution in [0.3, 0.4) is 0 Å². The summed E-state index contributed by atoms with van der Waals surface area (Å²) in [7, 11) is 1.28. The molecule has 0 fully saturated rings. The van der Waals surface area contributed by atoms with E-state index < -0.39 is 17.4 Å². The molecule has 2 heterocycles. The van der Waals surface area contributed by atoms with E-state index >= 15 is 0 Å². The van der Waals surface area contributed by atoms with E-state index in [9.17, 15) is 14.4 Å². The van der Waals surface area contributed by atoms with Gasteiger partial charge in [-0.2, -0.15) is 0 Å². The number of carbonyl (C=O) groups excluding carboxylic acids is 2. The van der Waals surface area contributed by atoms with Gasteiger partial charge in [0, 0.05) is 29.7 Å². The largest absolute Gasteiger partial charge is 0.469 e. The maximum absolute atomic E-state index is 12.9. The van der Waals surface area contributed by atoms with Crippen LogP contribution in [0, 0.1) is 0 Å². The van der Waals surface area contributed by atoms with Crippen molar-refractivity contribution in [3.63, 3.8) is 0 Å². The molecule has 144 valence electrons. The van der Waals surface area contributed by atoms with Crippen molar-refractivity contribution in [3.05, 3.63) is 75.2 Å². The fraction of sp³-hybridized carbons (Fsp3) is 0.200. The van der Waals surface area contributed by atoms with E-state index in [0.29, 0.717) is 16.1 Å². The number of amides is 1. The summed E-state index contributed by atoms with van der Waals surface area (Å²) in [5, 5.41) is 3.97. The molecule has 7 nitrogen and oxygen atoms in total. The Morgan fingerprint density at radius 3 is 2.68 bits per heavy atom. The molecule has 0 aliphatic heterocycles. The van der Waals surface area contributed by atoms with Gasteiger partial charge in [0.15, 0.2) is 0 Å². The second kappa shape index (κ2) is 8.67. The summed E-state index contributed by atoms with van der Waals surface area (Å²) in [5.41, 5.74) is 0.736. The van der Waals surface area contributed by atoms with Gasteiger partial charge in [-0.05, 0) is 35.9 Å². The monoisotopic (exact) mass is 399 g/mol. The Morgan fingerprint density at radius 2 is 1.96 bits per heavy atom. The molecule has 0 radical (unpaired) electrons. The molecule has 1 aromatic carbocycles.